The lowest BCUT2D eigenvalue weighted by molar-refractivity contribution is 0.0888. The number of para-hydroxylation sites is 1. The Labute approximate surface area is 142 Å². The van der Waals surface area contributed by atoms with Crippen molar-refractivity contribution in [2.24, 2.45) is 0 Å². The summed E-state index contributed by atoms with van der Waals surface area (Å²) in [6.07, 6.45) is 2.05. The zero-order valence-corrected chi connectivity index (χ0v) is 13.4. The Kier molecular flexibility index (Phi) is 3.70. The summed E-state index contributed by atoms with van der Waals surface area (Å²) in [7, 11) is 1.58. The Morgan fingerprint density at radius 2 is 1.92 bits per heavy atom. The Bertz CT molecular complexity index is 1010. The van der Waals surface area contributed by atoms with Crippen LogP contribution in [0.15, 0.2) is 61.2 Å². The molecule has 0 radical (unpaired) electrons. The predicted octanol–water partition coefficient (Wildman–Crippen LogP) is 1.96. The maximum absolute atomic E-state index is 13.2. The van der Waals surface area contributed by atoms with Gasteiger partial charge < -0.3 is 4.74 Å². The summed E-state index contributed by atoms with van der Waals surface area (Å²) in [5.74, 6) is 0.504. The van der Waals surface area contributed by atoms with Gasteiger partial charge in [-0.3, -0.25) is 4.79 Å². The van der Waals surface area contributed by atoms with Gasteiger partial charge in [0.25, 0.3) is 0 Å². The van der Waals surface area contributed by atoms with Gasteiger partial charge in [-0.05, 0) is 36.4 Å². The minimum Gasteiger partial charge on any atom is -0.497 e. The number of rotatable bonds is 5. The highest BCUT2D eigenvalue weighted by Gasteiger charge is 2.27. The molecule has 0 amide bonds. The van der Waals surface area contributed by atoms with Crippen molar-refractivity contribution in [2.75, 3.05) is 7.11 Å². The SMILES string of the molecule is COc1ccc(C(=O)C(n2cncn2)n2nnc3ccccc32)cc1. The third-order valence-corrected chi connectivity index (χ3v) is 3.91. The minimum absolute atomic E-state index is 0.177. The second-order valence-electron chi connectivity index (χ2n) is 5.36. The molecule has 8 nitrogen and oxygen atoms in total. The molecular weight excluding hydrogens is 320 g/mol. The first-order chi connectivity index (χ1) is 12.3. The van der Waals surface area contributed by atoms with Crippen LogP contribution >= 0.6 is 0 Å². The maximum Gasteiger partial charge on any atom is 0.210 e. The molecular formula is C17H14N6O2. The van der Waals surface area contributed by atoms with E-state index in [9.17, 15) is 4.79 Å². The van der Waals surface area contributed by atoms with Gasteiger partial charge in [0.1, 0.15) is 23.9 Å². The number of aromatic nitrogens is 6. The van der Waals surface area contributed by atoms with Crippen molar-refractivity contribution >= 4 is 16.8 Å². The molecule has 4 aromatic rings. The van der Waals surface area contributed by atoms with Crippen LogP contribution in [0.4, 0.5) is 0 Å². The average Bonchev–Trinajstić information content (AvgIpc) is 3.33. The van der Waals surface area contributed by atoms with E-state index < -0.39 is 6.17 Å². The second kappa shape index (κ2) is 6.16. The normalized spacial score (nSPS) is 12.2. The molecule has 0 saturated heterocycles. The number of carbonyl (C=O) groups excluding carboxylic acids is 1. The summed E-state index contributed by atoms with van der Waals surface area (Å²) in [5, 5.41) is 12.4. The van der Waals surface area contributed by atoms with E-state index in [1.54, 1.807) is 36.1 Å². The van der Waals surface area contributed by atoms with Crippen molar-refractivity contribution in [3.63, 3.8) is 0 Å². The summed E-state index contributed by atoms with van der Waals surface area (Å²) < 4.78 is 8.16. The van der Waals surface area contributed by atoms with Gasteiger partial charge in [-0.1, -0.05) is 17.3 Å². The number of Topliss-reactive ketones (excluding diaryl/α,β-unsaturated/α-hetero) is 1. The first-order valence-corrected chi connectivity index (χ1v) is 7.60. The topological polar surface area (TPSA) is 87.7 Å². The molecule has 25 heavy (non-hydrogen) atoms. The molecule has 0 spiro atoms. The summed E-state index contributed by atoms with van der Waals surface area (Å²) in [4.78, 5) is 17.1. The number of fused-ring (bicyclic) bond motifs is 1. The van der Waals surface area contributed by atoms with E-state index >= 15 is 0 Å². The van der Waals surface area contributed by atoms with Gasteiger partial charge in [-0.2, -0.15) is 5.10 Å². The van der Waals surface area contributed by atoms with Crippen LogP contribution in [0.5, 0.6) is 5.75 Å². The number of hydrogen-bond donors (Lipinski definition) is 0. The van der Waals surface area contributed by atoms with Crippen LogP contribution in [-0.4, -0.2) is 42.7 Å². The van der Waals surface area contributed by atoms with Gasteiger partial charge in [0.2, 0.25) is 11.9 Å². The van der Waals surface area contributed by atoms with Crippen molar-refractivity contribution < 1.29 is 9.53 Å². The summed E-state index contributed by atoms with van der Waals surface area (Å²) in [6.45, 7) is 0. The predicted molar refractivity (Wildman–Crippen MR) is 89.3 cm³/mol. The highest BCUT2D eigenvalue weighted by molar-refractivity contribution is 5.99. The van der Waals surface area contributed by atoms with Gasteiger partial charge in [0.05, 0.1) is 12.6 Å². The molecule has 0 aliphatic carbocycles. The van der Waals surface area contributed by atoms with Gasteiger partial charge in [0, 0.05) is 5.56 Å². The number of hydrogen-bond acceptors (Lipinski definition) is 6. The van der Waals surface area contributed by atoms with Crippen LogP contribution in [0.25, 0.3) is 11.0 Å². The highest BCUT2D eigenvalue weighted by atomic mass is 16.5. The van der Waals surface area contributed by atoms with Crippen LogP contribution in [-0.2, 0) is 0 Å². The lowest BCUT2D eigenvalue weighted by atomic mass is 10.1. The minimum atomic E-state index is -0.816. The number of carbonyl (C=O) groups is 1. The molecule has 0 saturated carbocycles. The van der Waals surface area contributed by atoms with Crippen LogP contribution in [0.3, 0.4) is 0 Å². The third-order valence-electron chi connectivity index (χ3n) is 3.91. The molecule has 2 aromatic heterocycles. The summed E-state index contributed by atoms with van der Waals surface area (Å²) in [6, 6.07) is 14.4. The Morgan fingerprint density at radius 1 is 1.12 bits per heavy atom. The van der Waals surface area contributed by atoms with Crippen LogP contribution in [0, 0.1) is 0 Å². The van der Waals surface area contributed by atoms with Crippen LogP contribution in [0.2, 0.25) is 0 Å². The molecule has 8 heteroatoms. The molecule has 2 heterocycles. The molecule has 1 atom stereocenters. The Hall–Kier alpha value is -3.55. The molecule has 1 unspecified atom stereocenters. The van der Waals surface area contributed by atoms with E-state index in [-0.39, 0.29) is 5.78 Å². The van der Waals surface area contributed by atoms with Crippen molar-refractivity contribution in [1.82, 2.24) is 29.8 Å². The van der Waals surface area contributed by atoms with Gasteiger partial charge in [-0.15, -0.1) is 5.10 Å². The van der Waals surface area contributed by atoms with E-state index in [1.165, 1.54) is 17.3 Å². The molecule has 0 aliphatic heterocycles. The molecule has 0 N–H and O–H groups in total. The standard InChI is InChI=1S/C17H14N6O2/c1-25-13-8-6-12(7-9-13)16(24)17(22-11-18-10-19-22)23-15-5-3-2-4-14(15)20-21-23/h2-11,17H,1H3. The van der Waals surface area contributed by atoms with Crippen molar-refractivity contribution in [3.05, 3.63) is 66.7 Å². The van der Waals surface area contributed by atoms with Crippen LogP contribution in [0.1, 0.15) is 16.5 Å². The smallest absolute Gasteiger partial charge is 0.210 e. The Morgan fingerprint density at radius 3 is 2.64 bits per heavy atom. The van der Waals surface area contributed by atoms with Gasteiger partial charge in [-0.25, -0.2) is 14.3 Å². The van der Waals surface area contributed by atoms with E-state index in [1.807, 2.05) is 24.3 Å². The van der Waals surface area contributed by atoms with Crippen molar-refractivity contribution in [2.45, 2.75) is 6.17 Å². The molecule has 2 aromatic carbocycles. The van der Waals surface area contributed by atoms with E-state index in [4.69, 9.17) is 4.74 Å². The van der Waals surface area contributed by atoms with E-state index in [0.717, 1.165) is 5.52 Å². The summed E-state index contributed by atoms with van der Waals surface area (Å²) in [5.41, 5.74) is 1.96. The first kappa shape index (κ1) is 15.0. The van der Waals surface area contributed by atoms with E-state index in [2.05, 4.69) is 20.4 Å². The van der Waals surface area contributed by atoms with Crippen molar-refractivity contribution in [3.8, 4) is 5.75 Å². The molecule has 0 fully saturated rings. The molecule has 124 valence electrons. The van der Waals surface area contributed by atoms with Crippen molar-refractivity contribution in [1.29, 1.82) is 0 Å². The zero-order valence-electron chi connectivity index (χ0n) is 13.4. The monoisotopic (exact) mass is 334 g/mol. The number of methoxy groups -OCH3 is 1. The molecule has 0 bridgehead atoms. The maximum atomic E-state index is 13.2. The quantitative estimate of drug-likeness (QED) is 0.519. The lowest BCUT2D eigenvalue weighted by Crippen LogP contribution is -2.28. The van der Waals surface area contributed by atoms with Gasteiger partial charge >= 0.3 is 0 Å². The fourth-order valence-electron chi connectivity index (χ4n) is 2.66. The number of ketones is 1. The second-order valence-corrected chi connectivity index (χ2v) is 5.36. The fourth-order valence-corrected chi connectivity index (χ4v) is 2.66. The van der Waals surface area contributed by atoms with E-state index in [0.29, 0.717) is 16.8 Å². The van der Waals surface area contributed by atoms with Crippen LogP contribution < -0.4 is 4.74 Å². The number of benzene rings is 2. The fraction of sp³-hybridized carbons (Fsp3) is 0.118. The zero-order chi connectivity index (χ0) is 17.2. The number of nitrogens with zero attached hydrogens (tertiary/aromatic N) is 6. The first-order valence-electron chi connectivity index (χ1n) is 7.60. The van der Waals surface area contributed by atoms with Gasteiger partial charge in [0.15, 0.2) is 0 Å². The average molecular weight is 334 g/mol. The number of ether oxygens (including phenoxy) is 1. The molecule has 4 rings (SSSR count). The third kappa shape index (κ3) is 2.63. The molecule has 0 aliphatic rings. The largest absolute Gasteiger partial charge is 0.497 e. The highest BCUT2D eigenvalue weighted by Crippen LogP contribution is 2.22. The lowest BCUT2D eigenvalue weighted by Gasteiger charge is -2.17. The summed E-state index contributed by atoms with van der Waals surface area (Å²) >= 11 is 0. The Balaban J connectivity index is 1.82.